The first-order valence-electron chi connectivity index (χ1n) is 8.50. The van der Waals surface area contributed by atoms with Crippen LogP contribution in [0.1, 0.15) is 12.8 Å². The zero-order valence-corrected chi connectivity index (χ0v) is 22.8. The molecule has 0 N–H and O–H groups in total. The van der Waals surface area contributed by atoms with Crippen molar-refractivity contribution in [2.75, 3.05) is 28.2 Å². The number of halogens is 2. The van der Waals surface area contributed by atoms with Gasteiger partial charge in [-0.2, -0.15) is 0 Å². The molecule has 0 bridgehead atoms. The van der Waals surface area contributed by atoms with Gasteiger partial charge in [-0.15, -0.1) is 0 Å². The van der Waals surface area contributed by atoms with Gasteiger partial charge in [-0.1, -0.05) is 0 Å². The first-order valence-corrected chi connectivity index (χ1v) is 16.9. The predicted molar refractivity (Wildman–Crippen MR) is 104 cm³/mol. The summed E-state index contributed by atoms with van der Waals surface area (Å²) in [5.41, 5.74) is 0. The number of hydrogen-bond donors (Lipinski definition) is 0. The minimum absolute atomic E-state index is 0. The molecule has 0 aromatic carbocycles. The largest absolute Gasteiger partial charge is 1.00 e. The fourth-order valence-corrected chi connectivity index (χ4v) is 15.1. The van der Waals surface area contributed by atoms with Crippen molar-refractivity contribution in [1.29, 1.82) is 0 Å². The number of nitrogens with zero attached hydrogens (tertiary/aromatic N) is 2. The minimum atomic E-state index is -1.45. The van der Waals surface area contributed by atoms with Crippen LogP contribution in [-0.4, -0.2) is 53.8 Å². The summed E-state index contributed by atoms with van der Waals surface area (Å²) in [6.07, 6.45) is 12.2. The summed E-state index contributed by atoms with van der Waals surface area (Å²) in [6, 6.07) is 0. The van der Waals surface area contributed by atoms with E-state index in [9.17, 15) is 0 Å². The van der Waals surface area contributed by atoms with Crippen LogP contribution in [-0.2, 0) is 23.2 Å². The minimum Gasteiger partial charge on any atom is -1.00 e. The van der Waals surface area contributed by atoms with E-state index in [4.69, 9.17) is 0 Å². The standard InChI is InChI=1S/2C9H16NSi.2ClH.Zr/c2*1-10(2)11(3,4)9-7-5-6-8-9;;;/h2*5,7H,6H2,1-4H3;2*1H;/q;;;;+2/p-2. The van der Waals surface area contributed by atoms with Crippen molar-refractivity contribution in [3.63, 3.8) is 0 Å². The molecule has 0 aliphatic heterocycles. The van der Waals surface area contributed by atoms with Gasteiger partial charge in [0.2, 0.25) is 0 Å². The van der Waals surface area contributed by atoms with Gasteiger partial charge in [-0.25, -0.2) is 0 Å². The van der Waals surface area contributed by atoms with Crippen LogP contribution >= 0.6 is 0 Å². The molecule has 0 amide bonds. The molecule has 25 heavy (non-hydrogen) atoms. The molecule has 0 spiro atoms. The Hall–Kier alpha value is 0.777. The SMILES string of the molecule is CN(C)[Si](C)(C)C1=[C]([Zr+2][C]2=C([Si](C)(C)N(C)C)C=CC2)CC=C1.[Cl-].[Cl-]. The van der Waals surface area contributed by atoms with Crippen LogP contribution in [0, 0.1) is 0 Å². The van der Waals surface area contributed by atoms with Gasteiger partial charge in [-0.05, 0) is 0 Å². The van der Waals surface area contributed by atoms with Gasteiger partial charge in [0, 0.05) is 0 Å². The Morgan fingerprint density at radius 2 is 1.04 bits per heavy atom. The number of hydrogen-bond acceptors (Lipinski definition) is 2. The molecule has 7 heteroatoms. The van der Waals surface area contributed by atoms with Gasteiger partial charge in [0.1, 0.15) is 0 Å². The Labute approximate surface area is 181 Å². The average Bonchev–Trinajstić information content (AvgIpc) is 3.08. The first-order chi connectivity index (χ1) is 10.6. The molecule has 2 rings (SSSR count). The van der Waals surface area contributed by atoms with Gasteiger partial charge in [0.05, 0.1) is 0 Å². The van der Waals surface area contributed by atoms with Crippen LogP contribution in [0.3, 0.4) is 0 Å². The molecule has 0 unspecified atom stereocenters. The third kappa shape index (κ3) is 5.40. The van der Waals surface area contributed by atoms with Gasteiger partial charge < -0.3 is 24.8 Å². The Morgan fingerprint density at radius 1 is 0.720 bits per heavy atom. The molecule has 0 saturated heterocycles. The van der Waals surface area contributed by atoms with Gasteiger partial charge >= 0.3 is 157 Å². The summed E-state index contributed by atoms with van der Waals surface area (Å²) in [4.78, 5) is 0. The van der Waals surface area contributed by atoms with Crippen molar-refractivity contribution in [3.05, 3.63) is 41.3 Å². The fourth-order valence-electron chi connectivity index (χ4n) is 3.06. The van der Waals surface area contributed by atoms with E-state index in [0.29, 0.717) is 0 Å². The third-order valence-electron chi connectivity index (χ3n) is 5.72. The van der Waals surface area contributed by atoms with Crippen LogP contribution in [0.2, 0.25) is 26.2 Å². The van der Waals surface area contributed by atoms with Crippen LogP contribution in [0.4, 0.5) is 0 Å². The predicted octanol–water partition coefficient (Wildman–Crippen LogP) is -1.88. The van der Waals surface area contributed by atoms with Gasteiger partial charge in [0.15, 0.2) is 0 Å². The molecule has 2 aliphatic carbocycles. The van der Waals surface area contributed by atoms with Crippen LogP contribution in [0.25, 0.3) is 0 Å². The van der Waals surface area contributed by atoms with Crippen molar-refractivity contribution in [3.8, 4) is 0 Å². The van der Waals surface area contributed by atoms with Gasteiger partial charge in [0.25, 0.3) is 0 Å². The van der Waals surface area contributed by atoms with Crippen molar-refractivity contribution >= 4 is 16.5 Å². The molecule has 0 fully saturated rings. The maximum atomic E-state index is 2.50. The Balaban J connectivity index is 0.00000288. The van der Waals surface area contributed by atoms with E-state index in [1.165, 1.54) is 12.8 Å². The van der Waals surface area contributed by atoms with Crippen molar-refractivity contribution in [2.45, 2.75) is 39.0 Å². The summed E-state index contributed by atoms with van der Waals surface area (Å²) >= 11 is -0.636. The zero-order chi connectivity index (χ0) is 17.4. The molecule has 0 aromatic heterocycles. The fraction of sp³-hybridized carbons (Fsp3) is 0.556. The smallest absolute Gasteiger partial charge is 1.00 e. The average molecular weight is 495 g/mol. The Kier molecular flexibility index (Phi) is 10.1. The summed E-state index contributed by atoms with van der Waals surface area (Å²) in [5, 5.41) is 3.47. The maximum Gasteiger partial charge on any atom is -1.00 e. The molecule has 0 aromatic rings. The molecular weight excluding hydrogens is 463 g/mol. The summed E-state index contributed by atoms with van der Waals surface area (Å²) in [5.74, 6) is 0. The normalized spacial score (nSPS) is 17.4. The summed E-state index contributed by atoms with van der Waals surface area (Å²) < 4.78 is 8.69. The van der Waals surface area contributed by atoms with Crippen LogP contribution < -0.4 is 24.8 Å². The van der Waals surface area contributed by atoms with Gasteiger partial charge in [-0.3, -0.25) is 0 Å². The molecule has 0 atom stereocenters. The Morgan fingerprint density at radius 3 is 1.32 bits per heavy atom. The van der Waals surface area contributed by atoms with E-state index in [0.717, 1.165) is 0 Å². The van der Waals surface area contributed by atoms with Crippen LogP contribution in [0.5, 0.6) is 0 Å². The van der Waals surface area contributed by atoms with Crippen molar-refractivity contribution < 1.29 is 48.0 Å². The monoisotopic (exact) mass is 492 g/mol. The molecule has 140 valence electrons. The summed E-state index contributed by atoms with van der Waals surface area (Å²) in [7, 11) is 6.16. The molecule has 0 heterocycles. The van der Waals surface area contributed by atoms with E-state index in [1.54, 1.807) is 10.4 Å². The van der Waals surface area contributed by atoms with Crippen LogP contribution in [0.15, 0.2) is 41.3 Å². The molecular formula is C18H32Cl2N2Si2Zr. The van der Waals surface area contributed by atoms with E-state index in [-0.39, 0.29) is 24.8 Å². The maximum absolute atomic E-state index is 2.50. The van der Waals surface area contributed by atoms with E-state index in [2.05, 4.69) is 87.8 Å². The first kappa shape index (κ1) is 25.8. The second kappa shape index (κ2) is 9.82. The van der Waals surface area contributed by atoms with E-state index in [1.807, 2.05) is 6.56 Å². The van der Waals surface area contributed by atoms with E-state index < -0.39 is 39.7 Å². The third-order valence-corrected chi connectivity index (χ3v) is 18.8. The number of rotatable bonds is 6. The summed E-state index contributed by atoms with van der Waals surface area (Å²) in [6.45, 7) is 9.99. The van der Waals surface area contributed by atoms with Crippen molar-refractivity contribution in [2.24, 2.45) is 0 Å². The topological polar surface area (TPSA) is 6.48 Å². The van der Waals surface area contributed by atoms with Crippen molar-refractivity contribution in [1.82, 2.24) is 9.13 Å². The molecule has 2 nitrogen and oxygen atoms in total. The second-order valence-electron chi connectivity index (χ2n) is 8.03. The molecule has 0 radical (unpaired) electrons. The Bertz CT molecular complexity index is 554. The second-order valence-corrected chi connectivity index (χ2v) is 20.7. The molecule has 2 aliphatic rings. The zero-order valence-electron chi connectivity index (χ0n) is 16.9. The van der Waals surface area contributed by atoms with E-state index >= 15 is 0 Å². The quantitative estimate of drug-likeness (QED) is 0.399. The number of allylic oxidation sites excluding steroid dienone is 8. The molecule has 0 saturated carbocycles.